The van der Waals surface area contributed by atoms with Crippen LogP contribution in [0.3, 0.4) is 0 Å². The molecule has 28 heavy (non-hydrogen) atoms. The summed E-state index contributed by atoms with van der Waals surface area (Å²) < 4.78 is 5.36. The molecule has 0 spiro atoms. The summed E-state index contributed by atoms with van der Waals surface area (Å²) in [5.41, 5.74) is 2.03. The van der Waals surface area contributed by atoms with E-state index in [0.29, 0.717) is 13.1 Å². The molecule has 1 aromatic rings. The van der Waals surface area contributed by atoms with E-state index in [4.69, 9.17) is 4.74 Å². The highest BCUT2D eigenvalue weighted by Crippen LogP contribution is 2.12. The number of nitro benzene ring substituents is 1. The fourth-order valence-corrected chi connectivity index (χ4v) is 2.64. The first-order valence-electron chi connectivity index (χ1n) is 9.24. The summed E-state index contributed by atoms with van der Waals surface area (Å²) in [6.45, 7) is 12.4. The number of benzene rings is 1. The SMILES string of the molecule is C=C(C)CNC(=NCc1ccc([N+](=O)[O-])cc1)NCCCN1CCOCC1.I. The van der Waals surface area contributed by atoms with Crippen molar-refractivity contribution in [1.82, 2.24) is 15.5 Å². The van der Waals surface area contributed by atoms with E-state index in [1.54, 1.807) is 12.1 Å². The number of nitrogens with one attached hydrogen (secondary N) is 2. The Hall–Kier alpha value is -1.72. The van der Waals surface area contributed by atoms with Crippen LogP contribution in [0.1, 0.15) is 18.9 Å². The molecule has 9 heteroatoms. The highest BCUT2D eigenvalue weighted by Gasteiger charge is 2.09. The zero-order valence-electron chi connectivity index (χ0n) is 16.4. The van der Waals surface area contributed by atoms with Crippen LogP contribution in [0.2, 0.25) is 0 Å². The number of rotatable bonds is 9. The highest BCUT2D eigenvalue weighted by molar-refractivity contribution is 14.0. The Morgan fingerprint density at radius 2 is 1.96 bits per heavy atom. The van der Waals surface area contributed by atoms with Crippen LogP contribution in [-0.2, 0) is 11.3 Å². The van der Waals surface area contributed by atoms with Gasteiger partial charge in [-0.3, -0.25) is 15.0 Å². The molecule has 1 heterocycles. The van der Waals surface area contributed by atoms with Crippen LogP contribution in [0, 0.1) is 10.1 Å². The fourth-order valence-electron chi connectivity index (χ4n) is 2.64. The lowest BCUT2D eigenvalue weighted by Crippen LogP contribution is -2.41. The summed E-state index contributed by atoms with van der Waals surface area (Å²) in [7, 11) is 0. The van der Waals surface area contributed by atoms with Crippen LogP contribution >= 0.6 is 24.0 Å². The summed E-state index contributed by atoms with van der Waals surface area (Å²) in [5, 5.41) is 17.3. The van der Waals surface area contributed by atoms with Crippen molar-refractivity contribution in [2.75, 3.05) is 45.9 Å². The molecule has 0 bridgehead atoms. The van der Waals surface area contributed by atoms with E-state index in [-0.39, 0.29) is 29.7 Å². The summed E-state index contributed by atoms with van der Waals surface area (Å²) >= 11 is 0. The first kappa shape index (κ1) is 24.3. The van der Waals surface area contributed by atoms with Gasteiger partial charge in [-0.25, -0.2) is 4.99 Å². The van der Waals surface area contributed by atoms with Crippen molar-refractivity contribution in [2.45, 2.75) is 19.9 Å². The van der Waals surface area contributed by atoms with Crippen LogP contribution in [0.15, 0.2) is 41.4 Å². The Morgan fingerprint density at radius 1 is 1.29 bits per heavy atom. The second kappa shape index (κ2) is 13.5. The molecule has 0 aromatic heterocycles. The van der Waals surface area contributed by atoms with Gasteiger partial charge in [-0.05, 0) is 25.5 Å². The molecule has 1 aliphatic rings. The van der Waals surface area contributed by atoms with E-state index in [1.165, 1.54) is 12.1 Å². The minimum Gasteiger partial charge on any atom is -0.379 e. The number of nitrogens with zero attached hydrogens (tertiary/aromatic N) is 3. The van der Waals surface area contributed by atoms with Gasteiger partial charge in [-0.15, -0.1) is 24.0 Å². The van der Waals surface area contributed by atoms with Gasteiger partial charge in [0.1, 0.15) is 0 Å². The number of morpholine rings is 1. The van der Waals surface area contributed by atoms with Crippen molar-refractivity contribution < 1.29 is 9.66 Å². The van der Waals surface area contributed by atoms with Gasteiger partial charge in [0.25, 0.3) is 5.69 Å². The van der Waals surface area contributed by atoms with E-state index in [1.807, 2.05) is 6.92 Å². The van der Waals surface area contributed by atoms with Crippen LogP contribution in [0.4, 0.5) is 5.69 Å². The number of non-ortho nitro benzene ring substituents is 1. The van der Waals surface area contributed by atoms with E-state index in [9.17, 15) is 10.1 Å². The summed E-state index contributed by atoms with van der Waals surface area (Å²) in [5.74, 6) is 0.721. The van der Waals surface area contributed by atoms with Crippen molar-refractivity contribution in [3.05, 3.63) is 52.1 Å². The second-order valence-corrected chi connectivity index (χ2v) is 6.63. The molecule has 0 unspecified atom stereocenters. The van der Waals surface area contributed by atoms with Gasteiger partial charge in [0, 0.05) is 38.3 Å². The number of guanidine groups is 1. The number of aliphatic imine (C=N–C) groups is 1. The first-order chi connectivity index (χ1) is 13.0. The van der Waals surface area contributed by atoms with Crippen LogP contribution in [0.25, 0.3) is 0 Å². The highest BCUT2D eigenvalue weighted by atomic mass is 127. The molecule has 0 radical (unpaired) electrons. The van der Waals surface area contributed by atoms with E-state index >= 15 is 0 Å². The van der Waals surface area contributed by atoms with Crippen molar-refractivity contribution in [1.29, 1.82) is 0 Å². The predicted octanol–water partition coefficient (Wildman–Crippen LogP) is 2.55. The Bertz CT molecular complexity index is 645. The number of halogens is 1. The monoisotopic (exact) mass is 503 g/mol. The first-order valence-corrected chi connectivity index (χ1v) is 9.24. The average molecular weight is 503 g/mol. The predicted molar refractivity (Wildman–Crippen MR) is 122 cm³/mol. The zero-order valence-corrected chi connectivity index (χ0v) is 18.7. The standard InChI is InChI=1S/C19H29N5O3.HI/c1-16(2)14-21-19(20-8-3-9-23-10-12-27-13-11-23)22-15-17-4-6-18(7-5-17)24(25)26;/h4-7H,1,3,8-15H2,2H3,(H2,20,21,22);1H. The topological polar surface area (TPSA) is 92.0 Å². The van der Waals surface area contributed by atoms with Gasteiger partial charge >= 0.3 is 0 Å². The van der Waals surface area contributed by atoms with Crippen LogP contribution in [0.5, 0.6) is 0 Å². The lowest BCUT2D eigenvalue weighted by Gasteiger charge is -2.26. The molecule has 0 atom stereocenters. The van der Waals surface area contributed by atoms with Gasteiger partial charge in [0.2, 0.25) is 0 Å². The van der Waals surface area contributed by atoms with E-state index in [2.05, 4.69) is 27.1 Å². The molecule has 2 N–H and O–H groups in total. The summed E-state index contributed by atoms with van der Waals surface area (Å²) in [6.07, 6.45) is 1.02. The molecule has 0 saturated carbocycles. The maximum atomic E-state index is 10.7. The normalized spacial score (nSPS) is 14.8. The lowest BCUT2D eigenvalue weighted by molar-refractivity contribution is -0.384. The van der Waals surface area contributed by atoms with E-state index < -0.39 is 4.92 Å². The molecule has 156 valence electrons. The Balaban J connectivity index is 0.00000392. The van der Waals surface area contributed by atoms with Crippen LogP contribution in [-0.4, -0.2) is 61.7 Å². The van der Waals surface area contributed by atoms with Crippen LogP contribution < -0.4 is 10.6 Å². The molecule has 2 rings (SSSR count). The van der Waals surface area contributed by atoms with Gasteiger partial charge < -0.3 is 15.4 Å². The van der Waals surface area contributed by atoms with Crippen molar-refractivity contribution in [3.8, 4) is 0 Å². The number of hydrogen-bond acceptors (Lipinski definition) is 5. The molecule has 0 aliphatic carbocycles. The minimum atomic E-state index is -0.400. The minimum absolute atomic E-state index is 0. The van der Waals surface area contributed by atoms with Gasteiger partial charge in [-0.1, -0.05) is 24.3 Å². The molecular weight excluding hydrogens is 473 g/mol. The van der Waals surface area contributed by atoms with Gasteiger partial charge in [0.05, 0.1) is 24.7 Å². The van der Waals surface area contributed by atoms with Crippen molar-refractivity contribution in [3.63, 3.8) is 0 Å². The average Bonchev–Trinajstić information content (AvgIpc) is 2.67. The lowest BCUT2D eigenvalue weighted by atomic mass is 10.2. The third-order valence-electron chi connectivity index (χ3n) is 4.17. The van der Waals surface area contributed by atoms with Crippen molar-refractivity contribution >= 4 is 35.6 Å². The number of ether oxygens (including phenoxy) is 1. The van der Waals surface area contributed by atoms with Gasteiger partial charge in [0.15, 0.2) is 5.96 Å². The molecule has 1 aromatic carbocycles. The molecule has 1 fully saturated rings. The van der Waals surface area contributed by atoms with Crippen molar-refractivity contribution in [2.24, 2.45) is 4.99 Å². The molecular formula is C19H30IN5O3. The molecule has 0 amide bonds. The molecule has 8 nitrogen and oxygen atoms in total. The third kappa shape index (κ3) is 9.47. The fraction of sp³-hybridized carbons (Fsp3) is 0.526. The number of nitro groups is 1. The maximum absolute atomic E-state index is 10.7. The summed E-state index contributed by atoms with van der Waals surface area (Å²) in [4.78, 5) is 17.3. The Labute approximate surface area is 183 Å². The smallest absolute Gasteiger partial charge is 0.269 e. The second-order valence-electron chi connectivity index (χ2n) is 6.63. The van der Waals surface area contributed by atoms with Gasteiger partial charge in [-0.2, -0.15) is 0 Å². The molecule has 1 aliphatic heterocycles. The largest absolute Gasteiger partial charge is 0.379 e. The Kier molecular flexibility index (Phi) is 11.7. The Morgan fingerprint density at radius 3 is 2.57 bits per heavy atom. The third-order valence-corrected chi connectivity index (χ3v) is 4.17. The zero-order chi connectivity index (χ0) is 19.5. The maximum Gasteiger partial charge on any atom is 0.269 e. The quantitative estimate of drug-likeness (QED) is 0.102. The molecule has 1 saturated heterocycles. The number of hydrogen-bond donors (Lipinski definition) is 2. The summed E-state index contributed by atoms with van der Waals surface area (Å²) in [6, 6.07) is 6.47. The van der Waals surface area contributed by atoms with E-state index in [0.717, 1.165) is 62.9 Å².